The van der Waals surface area contributed by atoms with E-state index >= 15 is 0 Å². The predicted molar refractivity (Wildman–Crippen MR) is 73.4 cm³/mol. The zero-order chi connectivity index (χ0) is 14.6. The second-order valence-corrected chi connectivity index (χ2v) is 6.69. The van der Waals surface area contributed by atoms with Crippen molar-refractivity contribution in [2.75, 3.05) is 6.54 Å². The highest BCUT2D eigenvalue weighted by Gasteiger charge is 2.34. The Kier molecular flexibility index (Phi) is 6.30. The average molecular weight is 259 g/mol. The van der Waals surface area contributed by atoms with Gasteiger partial charge >= 0.3 is 5.97 Å². The Morgan fingerprint density at radius 3 is 2.11 bits per heavy atom. The summed E-state index contributed by atoms with van der Waals surface area (Å²) < 4.78 is 5.19. The zero-order valence-electron chi connectivity index (χ0n) is 12.8. The largest absolute Gasteiger partial charge is 0.458 e. The summed E-state index contributed by atoms with van der Waals surface area (Å²) in [6.45, 7) is 13.4. The number of ether oxygens (including phenoxy) is 1. The van der Waals surface area contributed by atoms with E-state index in [0.717, 1.165) is 6.42 Å². The minimum absolute atomic E-state index is 0.204. The normalized spacial score (nSPS) is 17.4. The molecule has 0 aromatic heterocycles. The van der Waals surface area contributed by atoms with Crippen LogP contribution in [0.2, 0.25) is 0 Å². The van der Waals surface area contributed by atoms with Crippen LogP contribution >= 0.6 is 0 Å². The Bertz CT molecular complexity index is 267. The molecular formula is C14H29NO3. The molecular weight excluding hydrogens is 230 g/mol. The van der Waals surface area contributed by atoms with Crippen LogP contribution in [0.5, 0.6) is 0 Å². The fourth-order valence-electron chi connectivity index (χ4n) is 1.62. The van der Waals surface area contributed by atoms with Gasteiger partial charge in [0, 0.05) is 12.6 Å². The van der Waals surface area contributed by atoms with E-state index in [9.17, 15) is 9.90 Å². The molecule has 0 aliphatic rings. The van der Waals surface area contributed by atoms with Crippen LogP contribution in [0.1, 0.15) is 54.9 Å². The molecule has 4 nitrogen and oxygen atoms in total. The summed E-state index contributed by atoms with van der Waals surface area (Å²) in [6, 6.07) is 0.263. The SMILES string of the molecule is CC(C)CC(C)NCC(C)(O)C(=O)OC(C)(C)C. The maximum absolute atomic E-state index is 11.8. The molecule has 2 unspecified atom stereocenters. The second kappa shape index (κ2) is 6.53. The molecule has 0 aliphatic carbocycles. The van der Waals surface area contributed by atoms with Crippen LogP contribution in [0, 0.1) is 5.92 Å². The van der Waals surface area contributed by atoms with Gasteiger partial charge < -0.3 is 15.2 Å². The highest BCUT2D eigenvalue weighted by molar-refractivity contribution is 5.79. The van der Waals surface area contributed by atoms with Gasteiger partial charge in [0.05, 0.1) is 0 Å². The number of hydrogen-bond acceptors (Lipinski definition) is 4. The number of hydrogen-bond donors (Lipinski definition) is 2. The number of carbonyl (C=O) groups is 1. The van der Waals surface area contributed by atoms with Crippen molar-refractivity contribution in [3.8, 4) is 0 Å². The third kappa shape index (κ3) is 7.67. The van der Waals surface area contributed by atoms with Gasteiger partial charge in [-0.15, -0.1) is 0 Å². The first-order valence-electron chi connectivity index (χ1n) is 6.63. The number of carbonyl (C=O) groups excluding carboxylic acids is 1. The molecule has 0 amide bonds. The second-order valence-electron chi connectivity index (χ2n) is 6.69. The van der Waals surface area contributed by atoms with Crippen molar-refractivity contribution >= 4 is 5.97 Å². The molecule has 0 spiro atoms. The van der Waals surface area contributed by atoms with Crippen molar-refractivity contribution < 1.29 is 14.6 Å². The van der Waals surface area contributed by atoms with Gasteiger partial charge in [-0.05, 0) is 47.0 Å². The van der Waals surface area contributed by atoms with Crippen molar-refractivity contribution in [1.82, 2.24) is 5.32 Å². The van der Waals surface area contributed by atoms with E-state index in [1.165, 1.54) is 6.92 Å². The summed E-state index contributed by atoms with van der Waals surface area (Å²) in [7, 11) is 0. The summed E-state index contributed by atoms with van der Waals surface area (Å²) in [6.07, 6.45) is 1.00. The van der Waals surface area contributed by atoms with Gasteiger partial charge in [0.15, 0.2) is 5.60 Å². The first-order chi connectivity index (χ1) is 7.94. The molecule has 2 atom stereocenters. The highest BCUT2D eigenvalue weighted by Crippen LogP contribution is 2.14. The van der Waals surface area contributed by atoms with E-state index in [-0.39, 0.29) is 12.6 Å². The fourth-order valence-corrected chi connectivity index (χ4v) is 1.62. The van der Waals surface area contributed by atoms with Crippen LogP contribution in [0.3, 0.4) is 0 Å². The quantitative estimate of drug-likeness (QED) is 0.717. The molecule has 0 radical (unpaired) electrons. The lowest BCUT2D eigenvalue weighted by molar-refractivity contribution is -0.174. The van der Waals surface area contributed by atoms with Crippen LogP contribution in [0.4, 0.5) is 0 Å². The Morgan fingerprint density at radius 2 is 1.72 bits per heavy atom. The lowest BCUT2D eigenvalue weighted by Crippen LogP contribution is -2.50. The maximum atomic E-state index is 11.8. The third-order valence-electron chi connectivity index (χ3n) is 2.46. The number of esters is 1. The Balaban J connectivity index is 4.26. The Morgan fingerprint density at radius 1 is 1.22 bits per heavy atom. The van der Waals surface area contributed by atoms with E-state index in [1.807, 2.05) is 6.92 Å². The van der Waals surface area contributed by atoms with Crippen molar-refractivity contribution in [3.63, 3.8) is 0 Å². The van der Waals surface area contributed by atoms with Crippen LogP contribution in [-0.4, -0.2) is 34.9 Å². The molecule has 2 N–H and O–H groups in total. The van der Waals surface area contributed by atoms with Crippen LogP contribution < -0.4 is 5.32 Å². The molecule has 0 fully saturated rings. The van der Waals surface area contributed by atoms with Gasteiger partial charge in [-0.3, -0.25) is 0 Å². The first kappa shape index (κ1) is 17.4. The summed E-state index contributed by atoms with van der Waals surface area (Å²) in [5.74, 6) is -0.00165. The van der Waals surface area contributed by atoms with Crippen molar-refractivity contribution in [2.45, 2.75) is 72.1 Å². The minimum Gasteiger partial charge on any atom is -0.458 e. The zero-order valence-corrected chi connectivity index (χ0v) is 12.8. The van der Waals surface area contributed by atoms with E-state index in [4.69, 9.17) is 4.74 Å². The molecule has 0 aromatic carbocycles. The van der Waals surface area contributed by atoms with Crippen LogP contribution in [0.25, 0.3) is 0 Å². The molecule has 0 saturated heterocycles. The third-order valence-corrected chi connectivity index (χ3v) is 2.46. The molecule has 0 heterocycles. The Hall–Kier alpha value is -0.610. The molecule has 0 bridgehead atoms. The minimum atomic E-state index is -1.49. The van der Waals surface area contributed by atoms with Gasteiger partial charge in [0.25, 0.3) is 0 Å². The molecule has 0 rings (SSSR count). The molecule has 0 saturated carbocycles. The average Bonchev–Trinajstić information content (AvgIpc) is 2.11. The molecule has 0 aliphatic heterocycles. The standard InChI is InChI=1S/C14H29NO3/c1-10(2)8-11(3)15-9-14(7,17)12(16)18-13(4,5)6/h10-11,15,17H,8-9H2,1-7H3. The van der Waals surface area contributed by atoms with Crippen molar-refractivity contribution in [3.05, 3.63) is 0 Å². The lowest BCUT2D eigenvalue weighted by atomic mass is 10.0. The molecule has 0 aromatic rings. The fraction of sp³-hybridized carbons (Fsp3) is 0.929. The van der Waals surface area contributed by atoms with Crippen molar-refractivity contribution in [1.29, 1.82) is 0 Å². The molecule has 4 heteroatoms. The Labute approximate surface area is 111 Å². The highest BCUT2D eigenvalue weighted by atomic mass is 16.6. The monoisotopic (exact) mass is 259 g/mol. The predicted octanol–water partition coefficient (Wildman–Crippen LogP) is 2.10. The van der Waals surface area contributed by atoms with Crippen LogP contribution in [0.15, 0.2) is 0 Å². The van der Waals surface area contributed by atoms with Gasteiger partial charge in [0.2, 0.25) is 0 Å². The van der Waals surface area contributed by atoms with Gasteiger partial charge in [-0.1, -0.05) is 13.8 Å². The topological polar surface area (TPSA) is 58.6 Å². The number of rotatable bonds is 6. The smallest absolute Gasteiger partial charge is 0.339 e. The lowest BCUT2D eigenvalue weighted by Gasteiger charge is -2.29. The van der Waals surface area contributed by atoms with Gasteiger partial charge in [0.1, 0.15) is 5.60 Å². The summed E-state index contributed by atoms with van der Waals surface area (Å²) in [5, 5.41) is 13.3. The first-order valence-corrected chi connectivity index (χ1v) is 6.63. The van der Waals surface area contributed by atoms with E-state index in [1.54, 1.807) is 20.8 Å². The molecule has 18 heavy (non-hydrogen) atoms. The molecule has 108 valence electrons. The summed E-state index contributed by atoms with van der Waals surface area (Å²) in [5.41, 5.74) is -2.07. The number of nitrogens with one attached hydrogen (secondary N) is 1. The van der Waals surface area contributed by atoms with E-state index in [0.29, 0.717) is 5.92 Å². The van der Waals surface area contributed by atoms with E-state index in [2.05, 4.69) is 19.2 Å². The van der Waals surface area contributed by atoms with Gasteiger partial charge in [-0.25, -0.2) is 4.79 Å². The van der Waals surface area contributed by atoms with Gasteiger partial charge in [-0.2, -0.15) is 0 Å². The maximum Gasteiger partial charge on any atom is 0.339 e. The summed E-state index contributed by atoms with van der Waals surface area (Å²) in [4.78, 5) is 11.8. The van der Waals surface area contributed by atoms with E-state index < -0.39 is 17.2 Å². The van der Waals surface area contributed by atoms with Crippen molar-refractivity contribution in [2.24, 2.45) is 5.92 Å². The van der Waals surface area contributed by atoms with Crippen LogP contribution in [-0.2, 0) is 9.53 Å². The number of aliphatic hydroxyl groups is 1. The summed E-state index contributed by atoms with van der Waals surface area (Å²) >= 11 is 0.